The number of aromatic nitrogens is 2. The highest BCUT2D eigenvalue weighted by atomic mass is 16.4. The summed E-state index contributed by atoms with van der Waals surface area (Å²) in [6.07, 6.45) is 3.00. The number of carboxylic acid groups (broad SMARTS) is 1. The number of carboxylic acids is 1. The maximum atomic E-state index is 11.4. The summed E-state index contributed by atoms with van der Waals surface area (Å²) in [5, 5.41) is 14.2. The van der Waals surface area contributed by atoms with Crippen LogP contribution in [0.2, 0.25) is 0 Å². The Morgan fingerprint density at radius 2 is 1.86 bits per heavy atom. The number of rotatable bonds is 7. The highest BCUT2D eigenvalue weighted by molar-refractivity contribution is 5.73. The number of para-hydroxylation sites is 1. The summed E-state index contributed by atoms with van der Waals surface area (Å²) in [5.41, 5.74) is 6.36. The normalized spacial score (nSPS) is 12.3. The van der Waals surface area contributed by atoms with Crippen molar-refractivity contribution in [2.24, 2.45) is 0 Å². The second kappa shape index (κ2) is 8.40. The van der Waals surface area contributed by atoms with Crippen LogP contribution in [0, 0.1) is 6.92 Å². The molecule has 2 aromatic carbocycles. The summed E-state index contributed by atoms with van der Waals surface area (Å²) in [4.78, 5) is 13.2. The maximum absolute atomic E-state index is 11.4. The van der Waals surface area contributed by atoms with Crippen LogP contribution < -0.4 is 0 Å². The number of aliphatic carboxylic acids is 1. The molecule has 0 bridgehead atoms. The van der Waals surface area contributed by atoms with Gasteiger partial charge in [0.05, 0.1) is 11.4 Å². The van der Waals surface area contributed by atoms with Crippen LogP contribution in [0.4, 0.5) is 0 Å². The lowest BCUT2D eigenvalue weighted by Gasteiger charge is -2.20. The molecule has 0 aliphatic carbocycles. The Morgan fingerprint density at radius 1 is 1.18 bits per heavy atom. The first-order chi connectivity index (χ1) is 13.4. The molecule has 5 nitrogen and oxygen atoms in total. The van der Waals surface area contributed by atoms with Crippen molar-refractivity contribution in [2.75, 3.05) is 7.05 Å². The maximum Gasteiger partial charge on any atom is 0.320 e. The molecule has 146 valence electrons. The minimum Gasteiger partial charge on any atom is -0.480 e. The third kappa shape index (κ3) is 4.15. The number of hydrogen-bond acceptors (Lipinski definition) is 3. The Morgan fingerprint density at radius 3 is 2.46 bits per heavy atom. The molecule has 0 radical (unpaired) electrons. The van der Waals surface area contributed by atoms with Crippen molar-refractivity contribution < 1.29 is 9.90 Å². The first kappa shape index (κ1) is 19.8. The van der Waals surface area contributed by atoms with Gasteiger partial charge >= 0.3 is 5.97 Å². The van der Waals surface area contributed by atoms with Crippen LogP contribution in [0.25, 0.3) is 16.9 Å². The van der Waals surface area contributed by atoms with E-state index in [2.05, 4.69) is 44.2 Å². The molecule has 0 fully saturated rings. The van der Waals surface area contributed by atoms with E-state index in [1.54, 1.807) is 6.92 Å². The lowest BCUT2D eigenvalue weighted by atomic mass is 10.0. The van der Waals surface area contributed by atoms with Crippen LogP contribution >= 0.6 is 0 Å². The smallest absolute Gasteiger partial charge is 0.320 e. The van der Waals surface area contributed by atoms with Crippen molar-refractivity contribution in [2.45, 2.75) is 39.8 Å². The van der Waals surface area contributed by atoms with Gasteiger partial charge in [0.15, 0.2) is 0 Å². The van der Waals surface area contributed by atoms with Gasteiger partial charge in [-0.05, 0) is 44.5 Å². The molecule has 1 heterocycles. The van der Waals surface area contributed by atoms with Gasteiger partial charge in [0.1, 0.15) is 6.04 Å². The third-order valence-electron chi connectivity index (χ3n) is 5.23. The average molecular weight is 377 g/mol. The van der Waals surface area contributed by atoms with Gasteiger partial charge in [-0.3, -0.25) is 9.69 Å². The summed E-state index contributed by atoms with van der Waals surface area (Å²) in [6.45, 7) is 6.40. The Balaban J connectivity index is 2.04. The first-order valence-electron chi connectivity index (χ1n) is 9.57. The predicted molar refractivity (Wildman–Crippen MR) is 112 cm³/mol. The fourth-order valence-corrected chi connectivity index (χ4v) is 3.20. The van der Waals surface area contributed by atoms with Crippen LogP contribution in [-0.4, -0.2) is 38.8 Å². The van der Waals surface area contributed by atoms with Crippen LogP contribution in [-0.2, 0) is 17.8 Å². The first-order valence-corrected chi connectivity index (χ1v) is 9.57. The Kier molecular flexibility index (Phi) is 5.95. The average Bonchev–Trinajstić information content (AvgIpc) is 3.11. The van der Waals surface area contributed by atoms with Crippen molar-refractivity contribution in [1.82, 2.24) is 14.7 Å². The number of aryl methyl sites for hydroxylation is 2. The fraction of sp³-hybridized carbons (Fsp3) is 0.304. The zero-order valence-corrected chi connectivity index (χ0v) is 16.9. The van der Waals surface area contributed by atoms with E-state index in [9.17, 15) is 9.90 Å². The molecule has 0 amide bonds. The zero-order chi connectivity index (χ0) is 20.3. The van der Waals surface area contributed by atoms with Crippen LogP contribution in [0.3, 0.4) is 0 Å². The van der Waals surface area contributed by atoms with Crippen molar-refractivity contribution in [3.8, 4) is 16.9 Å². The fourth-order valence-electron chi connectivity index (χ4n) is 3.20. The molecular weight excluding hydrogens is 350 g/mol. The van der Waals surface area contributed by atoms with Gasteiger partial charge in [-0.1, -0.05) is 49.4 Å². The molecule has 0 aliphatic rings. The summed E-state index contributed by atoms with van der Waals surface area (Å²) in [5.74, 6) is -0.831. The van der Waals surface area contributed by atoms with E-state index < -0.39 is 12.0 Å². The van der Waals surface area contributed by atoms with Gasteiger partial charge in [0.25, 0.3) is 0 Å². The topological polar surface area (TPSA) is 58.4 Å². The van der Waals surface area contributed by atoms with E-state index in [4.69, 9.17) is 5.10 Å². The largest absolute Gasteiger partial charge is 0.480 e. The van der Waals surface area contributed by atoms with Gasteiger partial charge < -0.3 is 5.11 Å². The van der Waals surface area contributed by atoms with E-state index >= 15 is 0 Å². The number of carbonyl (C=O) groups is 1. The quantitative estimate of drug-likeness (QED) is 0.666. The minimum atomic E-state index is -0.831. The highest BCUT2D eigenvalue weighted by Gasteiger charge is 2.20. The summed E-state index contributed by atoms with van der Waals surface area (Å²) in [6, 6.07) is 16.0. The summed E-state index contributed by atoms with van der Waals surface area (Å²) in [7, 11) is 1.83. The second-order valence-corrected chi connectivity index (χ2v) is 7.21. The molecule has 1 atom stereocenters. The van der Waals surface area contributed by atoms with Crippen LogP contribution in [0.1, 0.15) is 30.5 Å². The molecule has 5 heteroatoms. The second-order valence-electron chi connectivity index (χ2n) is 7.21. The molecule has 0 aliphatic heterocycles. The lowest BCUT2D eigenvalue weighted by molar-refractivity contribution is -0.142. The minimum absolute atomic E-state index is 0.504. The molecule has 0 saturated heterocycles. The molecule has 28 heavy (non-hydrogen) atoms. The number of likely N-dealkylation sites (N-methyl/N-ethyl adjacent to an activating group) is 1. The SMILES string of the molecule is CCc1ccc(-c2nn(-c3ccccc3C)cc2CN(C)C(C)C(=O)O)cc1. The van der Waals surface area contributed by atoms with E-state index in [0.717, 1.165) is 34.5 Å². The van der Waals surface area contributed by atoms with Crippen molar-refractivity contribution in [3.05, 3.63) is 71.4 Å². The standard InChI is InChI=1S/C23H27N3O2/c1-5-18-10-12-19(13-11-18)22-20(14-25(4)17(3)23(27)28)15-26(24-22)21-9-7-6-8-16(21)2/h6-13,15,17H,5,14H2,1-4H3,(H,27,28). The van der Waals surface area contributed by atoms with E-state index in [1.807, 2.05) is 41.0 Å². The van der Waals surface area contributed by atoms with Crippen LogP contribution in [0.15, 0.2) is 54.7 Å². The molecule has 1 aromatic heterocycles. The van der Waals surface area contributed by atoms with Gasteiger partial charge in [0, 0.05) is 23.9 Å². The number of nitrogens with zero attached hydrogens (tertiary/aromatic N) is 3. The van der Waals surface area contributed by atoms with Crippen molar-refractivity contribution >= 4 is 5.97 Å². The van der Waals surface area contributed by atoms with Crippen molar-refractivity contribution in [3.63, 3.8) is 0 Å². The Labute approximate surface area is 166 Å². The Hall–Kier alpha value is -2.92. The van der Waals surface area contributed by atoms with Crippen LogP contribution in [0.5, 0.6) is 0 Å². The predicted octanol–water partition coefficient (Wildman–Crippen LogP) is 4.32. The Bertz CT molecular complexity index is 960. The zero-order valence-electron chi connectivity index (χ0n) is 16.9. The third-order valence-corrected chi connectivity index (χ3v) is 5.23. The molecular formula is C23H27N3O2. The highest BCUT2D eigenvalue weighted by Crippen LogP contribution is 2.26. The summed E-state index contributed by atoms with van der Waals surface area (Å²) < 4.78 is 1.90. The summed E-state index contributed by atoms with van der Waals surface area (Å²) >= 11 is 0. The monoisotopic (exact) mass is 377 g/mol. The van der Waals surface area contributed by atoms with Gasteiger partial charge in [-0.25, -0.2) is 4.68 Å². The number of benzene rings is 2. The molecule has 3 aromatic rings. The van der Waals surface area contributed by atoms with E-state index in [1.165, 1.54) is 5.56 Å². The van der Waals surface area contributed by atoms with Gasteiger partial charge in [0.2, 0.25) is 0 Å². The number of hydrogen-bond donors (Lipinski definition) is 1. The van der Waals surface area contributed by atoms with Crippen molar-refractivity contribution in [1.29, 1.82) is 0 Å². The molecule has 0 saturated carbocycles. The van der Waals surface area contributed by atoms with Gasteiger partial charge in [-0.15, -0.1) is 0 Å². The molecule has 1 N–H and O–H groups in total. The lowest BCUT2D eigenvalue weighted by Crippen LogP contribution is -2.35. The molecule has 3 rings (SSSR count). The molecule has 0 spiro atoms. The molecule has 1 unspecified atom stereocenters. The van der Waals surface area contributed by atoms with E-state index in [0.29, 0.717) is 6.54 Å². The van der Waals surface area contributed by atoms with E-state index in [-0.39, 0.29) is 0 Å². The van der Waals surface area contributed by atoms with Gasteiger partial charge in [-0.2, -0.15) is 5.10 Å².